The van der Waals surface area contributed by atoms with E-state index in [2.05, 4.69) is 10.3 Å². The van der Waals surface area contributed by atoms with Gasteiger partial charge in [-0.25, -0.2) is 4.79 Å². The van der Waals surface area contributed by atoms with E-state index in [-0.39, 0.29) is 23.8 Å². The zero-order valence-electron chi connectivity index (χ0n) is 17.1. The zero-order chi connectivity index (χ0) is 21.2. The Hall–Kier alpha value is -3.22. The van der Waals surface area contributed by atoms with Crippen LogP contribution in [0, 0.1) is 0 Å². The standard InChI is InChI=1S/C22H27N3O4/c1-4-13-25(14-5-2)21(27)16-11-12-23-19(15-16)20(26)24-18-10-8-7-9-17(18)22(28)29-6-3/h7-12,15H,4-6,13-14H2,1-3H3,(H,24,26). The van der Waals surface area contributed by atoms with Gasteiger partial charge in [-0.3, -0.25) is 14.6 Å². The highest BCUT2D eigenvalue weighted by Crippen LogP contribution is 2.17. The van der Waals surface area contributed by atoms with Crippen LogP contribution in [0.2, 0.25) is 0 Å². The smallest absolute Gasteiger partial charge is 0.340 e. The summed E-state index contributed by atoms with van der Waals surface area (Å²) in [7, 11) is 0. The second kappa shape index (κ2) is 10.9. The average Bonchev–Trinajstić information content (AvgIpc) is 2.73. The number of nitrogens with one attached hydrogen (secondary N) is 1. The van der Waals surface area contributed by atoms with Crippen molar-refractivity contribution in [3.63, 3.8) is 0 Å². The molecule has 0 bridgehead atoms. The minimum atomic E-state index is -0.518. The van der Waals surface area contributed by atoms with E-state index < -0.39 is 11.9 Å². The quantitative estimate of drug-likeness (QED) is 0.651. The highest BCUT2D eigenvalue weighted by Gasteiger charge is 2.19. The lowest BCUT2D eigenvalue weighted by atomic mass is 10.1. The SMILES string of the molecule is CCCN(CCC)C(=O)c1ccnc(C(=O)Nc2ccccc2C(=O)OCC)c1. The molecule has 1 aromatic heterocycles. The van der Waals surface area contributed by atoms with Crippen molar-refractivity contribution in [2.24, 2.45) is 0 Å². The van der Waals surface area contributed by atoms with Crippen molar-refractivity contribution in [2.75, 3.05) is 25.0 Å². The number of esters is 1. The summed E-state index contributed by atoms with van der Waals surface area (Å²) in [5, 5.41) is 2.68. The third kappa shape index (κ3) is 5.88. The monoisotopic (exact) mass is 397 g/mol. The number of nitrogens with zero attached hydrogens (tertiary/aromatic N) is 2. The molecule has 1 heterocycles. The first-order valence-electron chi connectivity index (χ1n) is 9.84. The van der Waals surface area contributed by atoms with E-state index in [1.165, 1.54) is 12.3 Å². The number of para-hydroxylation sites is 1. The number of rotatable bonds is 9. The number of amides is 2. The summed E-state index contributed by atoms with van der Waals surface area (Å²) in [5.41, 5.74) is 1.09. The average molecular weight is 397 g/mol. The lowest BCUT2D eigenvalue weighted by Gasteiger charge is -2.21. The van der Waals surface area contributed by atoms with E-state index in [4.69, 9.17) is 4.74 Å². The number of anilines is 1. The molecule has 0 aliphatic heterocycles. The summed E-state index contributed by atoms with van der Waals surface area (Å²) in [6.45, 7) is 7.29. The largest absolute Gasteiger partial charge is 0.462 e. The van der Waals surface area contributed by atoms with Crippen molar-refractivity contribution >= 4 is 23.5 Å². The van der Waals surface area contributed by atoms with Crippen molar-refractivity contribution in [1.82, 2.24) is 9.88 Å². The first-order valence-corrected chi connectivity index (χ1v) is 9.84. The Morgan fingerprint density at radius 3 is 2.38 bits per heavy atom. The number of ether oxygens (including phenoxy) is 1. The van der Waals surface area contributed by atoms with Crippen LogP contribution in [0.1, 0.15) is 64.8 Å². The lowest BCUT2D eigenvalue weighted by Crippen LogP contribution is -2.32. The fraction of sp³-hybridized carbons (Fsp3) is 0.364. The second-order valence-electron chi connectivity index (χ2n) is 6.44. The van der Waals surface area contributed by atoms with Gasteiger partial charge < -0.3 is 15.0 Å². The van der Waals surface area contributed by atoms with Gasteiger partial charge in [0, 0.05) is 24.8 Å². The molecule has 0 radical (unpaired) electrons. The molecule has 154 valence electrons. The first kappa shape index (κ1) is 22.1. The minimum Gasteiger partial charge on any atom is -0.462 e. The molecule has 0 unspecified atom stereocenters. The van der Waals surface area contributed by atoms with Crippen LogP contribution in [0.25, 0.3) is 0 Å². The molecule has 7 nitrogen and oxygen atoms in total. The maximum atomic E-state index is 12.8. The fourth-order valence-electron chi connectivity index (χ4n) is 2.89. The molecular weight excluding hydrogens is 370 g/mol. The molecule has 0 aliphatic carbocycles. The van der Waals surface area contributed by atoms with Crippen LogP contribution in [0.4, 0.5) is 5.69 Å². The molecule has 0 atom stereocenters. The third-order valence-corrected chi connectivity index (χ3v) is 4.18. The van der Waals surface area contributed by atoms with Gasteiger partial charge in [0.15, 0.2) is 0 Å². The number of hydrogen-bond donors (Lipinski definition) is 1. The van der Waals surface area contributed by atoms with Gasteiger partial charge in [-0.1, -0.05) is 26.0 Å². The molecule has 1 N–H and O–H groups in total. The summed E-state index contributed by atoms with van der Waals surface area (Å²) in [6, 6.07) is 9.67. The topological polar surface area (TPSA) is 88.6 Å². The Labute approximate surface area is 171 Å². The van der Waals surface area contributed by atoms with Crippen LogP contribution >= 0.6 is 0 Å². The molecule has 2 aromatic rings. The summed E-state index contributed by atoms with van der Waals surface area (Å²) in [4.78, 5) is 43.4. The zero-order valence-corrected chi connectivity index (χ0v) is 17.1. The van der Waals surface area contributed by atoms with E-state index in [0.717, 1.165) is 12.8 Å². The molecule has 0 fully saturated rings. The van der Waals surface area contributed by atoms with E-state index in [1.54, 1.807) is 42.2 Å². The lowest BCUT2D eigenvalue weighted by molar-refractivity contribution is 0.0527. The van der Waals surface area contributed by atoms with Crippen molar-refractivity contribution < 1.29 is 19.1 Å². The summed E-state index contributed by atoms with van der Waals surface area (Å²) in [6.07, 6.45) is 3.15. The van der Waals surface area contributed by atoms with Crippen LogP contribution in [0.15, 0.2) is 42.6 Å². The molecule has 29 heavy (non-hydrogen) atoms. The molecule has 7 heteroatoms. The Morgan fingerprint density at radius 2 is 1.72 bits per heavy atom. The highest BCUT2D eigenvalue weighted by molar-refractivity contribution is 6.08. The van der Waals surface area contributed by atoms with Gasteiger partial charge in [-0.15, -0.1) is 0 Å². The van der Waals surface area contributed by atoms with E-state index in [9.17, 15) is 14.4 Å². The van der Waals surface area contributed by atoms with Crippen LogP contribution in [0.5, 0.6) is 0 Å². The van der Waals surface area contributed by atoms with E-state index >= 15 is 0 Å². The molecule has 2 amide bonds. The molecule has 0 saturated heterocycles. The maximum absolute atomic E-state index is 12.8. The molecular formula is C22H27N3O4. The van der Waals surface area contributed by atoms with Crippen molar-refractivity contribution in [3.05, 3.63) is 59.4 Å². The van der Waals surface area contributed by atoms with E-state index in [1.807, 2.05) is 13.8 Å². The van der Waals surface area contributed by atoms with Crippen LogP contribution in [-0.2, 0) is 4.74 Å². The van der Waals surface area contributed by atoms with Gasteiger partial charge in [0.1, 0.15) is 5.69 Å². The van der Waals surface area contributed by atoms with Gasteiger partial charge in [0.25, 0.3) is 11.8 Å². The Bertz CT molecular complexity index is 861. The molecule has 1 aromatic carbocycles. The second-order valence-corrected chi connectivity index (χ2v) is 6.44. The van der Waals surface area contributed by atoms with Crippen LogP contribution in [-0.4, -0.2) is 47.4 Å². The predicted molar refractivity (Wildman–Crippen MR) is 111 cm³/mol. The summed E-state index contributed by atoms with van der Waals surface area (Å²) in [5.74, 6) is -1.15. The number of hydrogen-bond acceptors (Lipinski definition) is 5. The normalized spacial score (nSPS) is 10.3. The van der Waals surface area contributed by atoms with Gasteiger partial charge in [0.05, 0.1) is 17.9 Å². The molecule has 0 spiro atoms. The summed E-state index contributed by atoms with van der Waals surface area (Å²) >= 11 is 0. The summed E-state index contributed by atoms with van der Waals surface area (Å²) < 4.78 is 5.02. The predicted octanol–water partition coefficient (Wildman–Crippen LogP) is 3.77. The number of carbonyl (C=O) groups is 3. The molecule has 2 rings (SSSR count). The van der Waals surface area contributed by atoms with Gasteiger partial charge in [0.2, 0.25) is 0 Å². The number of aromatic nitrogens is 1. The fourth-order valence-corrected chi connectivity index (χ4v) is 2.89. The Morgan fingerprint density at radius 1 is 1.03 bits per heavy atom. The molecule has 0 saturated carbocycles. The highest BCUT2D eigenvalue weighted by atomic mass is 16.5. The van der Waals surface area contributed by atoms with Gasteiger partial charge >= 0.3 is 5.97 Å². The van der Waals surface area contributed by atoms with Crippen molar-refractivity contribution in [2.45, 2.75) is 33.6 Å². The Kier molecular flexibility index (Phi) is 8.33. The number of benzene rings is 1. The van der Waals surface area contributed by atoms with Crippen molar-refractivity contribution in [3.8, 4) is 0 Å². The minimum absolute atomic E-state index is 0.0995. The van der Waals surface area contributed by atoms with Crippen LogP contribution in [0.3, 0.4) is 0 Å². The van der Waals surface area contributed by atoms with Crippen molar-refractivity contribution in [1.29, 1.82) is 0 Å². The number of pyridine rings is 1. The van der Waals surface area contributed by atoms with E-state index in [0.29, 0.717) is 24.3 Å². The number of carbonyl (C=O) groups excluding carboxylic acids is 3. The first-order chi connectivity index (χ1) is 14.0. The van der Waals surface area contributed by atoms with Gasteiger partial charge in [-0.05, 0) is 44.0 Å². The Balaban J connectivity index is 2.22. The maximum Gasteiger partial charge on any atom is 0.340 e. The van der Waals surface area contributed by atoms with Gasteiger partial charge in [-0.2, -0.15) is 0 Å². The van der Waals surface area contributed by atoms with Crippen LogP contribution < -0.4 is 5.32 Å². The third-order valence-electron chi connectivity index (χ3n) is 4.18. The molecule has 0 aliphatic rings.